The van der Waals surface area contributed by atoms with Crippen LogP contribution in [0.4, 0.5) is 0 Å². The lowest BCUT2D eigenvalue weighted by atomic mass is 10.3. The third kappa shape index (κ3) is 2.47. The van der Waals surface area contributed by atoms with Crippen molar-refractivity contribution in [1.82, 2.24) is 14.5 Å². The predicted octanol–water partition coefficient (Wildman–Crippen LogP) is 1.10. The van der Waals surface area contributed by atoms with E-state index < -0.39 is 0 Å². The summed E-state index contributed by atoms with van der Waals surface area (Å²) in [5.41, 5.74) is 1.89. The van der Waals surface area contributed by atoms with Crippen molar-refractivity contribution in [3.05, 3.63) is 24.0 Å². The van der Waals surface area contributed by atoms with E-state index in [1.54, 1.807) is 7.11 Å². The molecule has 0 spiro atoms. The number of aromatic nitrogens is 2. The number of methoxy groups -OCH3 is 1. The van der Waals surface area contributed by atoms with Gasteiger partial charge in [-0.2, -0.15) is 0 Å². The molecule has 5 heteroatoms. The van der Waals surface area contributed by atoms with E-state index in [0.29, 0.717) is 5.82 Å². The molecule has 0 aliphatic carbocycles. The third-order valence-corrected chi connectivity index (χ3v) is 2.95. The quantitative estimate of drug-likeness (QED) is 0.862. The molecule has 0 saturated carbocycles. The Hall–Kier alpha value is -1.59. The zero-order valence-electron chi connectivity index (χ0n) is 11.1. The normalized spacial score (nSPS) is 11.4. The van der Waals surface area contributed by atoms with Gasteiger partial charge in [-0.15, -0.1) is 0 Å². The minimum Gasteiger partial charge on any atom is -0.497 e. The van der Waals surface area contributed by atoms with Gasteiger partial charge in [0, 0.05) is 19.2 Å². The van der Waals surface area contributed by atoms with Gasteiger partial charge in [0.05, 0.1) is 18.1 Å². The van der Waals surface area contributed by atoms with Crippen LogP contribution in [-0.2, 0) is 13.2 Å². The van der Waals surface area contributed by atoms with Gasteiger partial charge < -0.3 is 19.3 Å². The Morgan fingerprint density at radius 1 is 1.39 bits per heavy atom. The molecule has 0 fully saturated rings. The van der Waals surface area contributed by atoms with Crippen molar-refractivity contribution in [2.24, 2.45) is 0 Å². The van der Waals surface area contributed by atoms with Gasteiger partial charge >= 0.3 is 0 Å². The number of hydrogen-bond donors (Lipinski definition) is 1. The number of ether oxygens (including phenoxy) is 1. The molecule has 0 aliphatic rings. The third-order valence-electron chi connectivity index (χ3n) is 2.95. The standard InChI is InChI=1S/C13H19N3O2/c1-15(2)6-7-16-12-5-4-10(18-3)8-11(12)14-13(16)9-17/h4-5,8,17H,6-7,9H2,1-3H3. The highest BCUT2D eigenvalue weighted by Gasteiger charge is 2.10. The van der Waals surface area contributed by atoms with Crippen molar-refractivity contribution in [1.29, 1.82) is 0 Å². The van der Waals surface area contributed by atoms with Crippen LogP contribution in [0.25, 0.3) is 11.0 Å². The van der Waals surface area contributed by atoms with Gasteiger partial charge in [0.1, 0.15) is 18.2 Å². The molecule has 2 rings (SSSR count). The summed E-state index contributed by atoms with van der Waals surface area (Å²) in [6.45, 7) is 1.67. The van der Waals surface area contributed by atoms with Gasteiger partial charge in [0.2, 0.25) is 0 Å². The van der Waals surface area contributed by atoms with Crippen LogP contribution in [0.2, 0.25) is 0 Å². The second-order valence-electron chi connectivity index (χ2n) is 4.50. The van der Waals surface area contributed by atoms with Crippen LogP contribution >= 0.6 is 0 Å². The fraction of sp³-hybridized carbons (Fsp3) is 0.462. The van der Waals surface area contributed by atoms with Crippen LogP contribution in [-0.4, -0.2) is 47.3 Å². The molecular weight excluding hydrogens is 230 g/mol. The summed E-state index contributed by atoms with van der Waals surface area (Å²) in [4.78, 5) is 6.54. The molecular formula is C13H19N3O2. The Morgan fingerprint density at radius 3 is 2.78 bits per heavy atom. The van der Waals surface area contributed by atoms with Crippen molar-refractivity contribution in [2.45, 2.75) is 13.2 Å². The minimum absolute atomic E-state index is 0.0512. The Labute approximate surface area is 107 Å². The van der Waals surface area contributed by atoms with Crippen LogP contribution in [0.1, 0.15) is 5.82 Å². The highest BCUT2D eigenvalue weighted by atomic mass is 16.5. The number of imidazole rings is 1. The molecule has 0 radical (unpaired) electrons. The van der Waals surface area contributed by atoms with Gasteiger partial charge in [-0.1, -0.05) is 0 Å². The first-order valence-corrected chi connectivity index (χ1v) is 5.94. The summed E-state index contributed by atoms with van der Waals surface area (Å²) in [6.07, 6.45) is 0. The highest BCUT2D eigenvalue weighted by molar-refractivity contribution is 5.77. The maximum atomic E-state index is 9.38. The van der Waals surface area contributed by atoms with Gasteiger partial charge in [0.15, 0.2) is 0 Å². The molecule has 0 atom stereocenters. The molecule has 1 N–H and O–H groups in total. The summed E-state index contributed by atoms with van der Waals surface area (Å²) >= 11 is 0. The molecule has 18 heavy (non-hydrogen) atoms. The SMILES string of the molecule is COc1ccc2c(c1)nc(CO)n2CCN(C)C. The molecule has 0 bridgehead atoms. The Morgan fingerprint density at radius 2 is 2.17 bits per heavy atom. The van der Waals surface area contributed by atoms with E-state index in [2.05, 4.69) is 14.5 Å². The second-order valence-corrected chi connectivity index (χ2v) is 4.50. The zero-order valence-corrected chi connectivity index (χ0v) is 11.1. The zero-order chi connectivity index (χ0) is 13.1. The monoisotopic (exact) mass is 249 g/mol. The van der Waals surface area contributed by atoms with Gasteiger partial charge in [-0.05, 0) is 26.2 Å². The van der Waals surface area contributed by atoms with Crippen LogP contribution in [0.3, 0.4) is 0 Å². The molecule has 1 aromatic heterocycles. The number of hydrogen-bond acceptors (Lipinski definition) is 4. The van der Waals surface area contributed by atoms with Crippen molar-refractivity contribution >= 4 is 11.0 Å². The first-order valence-electron chi connectivity index (χ1n) is 5.94. The molecule has 0 unspecified atom stereocenters. The molecule has 1 heterocycles. The van der Waals surface area contributed by atoms with Crippen molar-refractivity contribution in [3.63, 3.8) is 0 Å². The second kappa shape index (κ2) is 5.37. The number of nitrogens with zero attached hydrogens (tertiary/aromatic N) is 3. The van der Waals surface area contributed by atoms with Crippen LogP contribution in [0, 0.1) is 0 Å². The lowest BCUT2D eigenvalue weighted by Gasteiger charge is -2.12. The van der Waals surface area contributed by atoms with Crippen LogP contribution < -0.4 is 4.74 Å². The maximum absolute atomic E-state index is 9.38. The van der Waals surface area contributed by atoms with E-state index in [0.717, 1.165) is 29.9 Å². The summed E-state index contributed by atoms with van der Waals surface area (Å²) in [5.74, 6) is 1.48. The maximum Gasteiger partial charge on any atom is 0.135 e. The lowest BCUT2D eigenvalue weighted by Crippen LogP contribution is -2.19. The first kappa shape index (κ1) is 12.9. The fourth-order valence-electron chi connectivity index (χ4n) is 1.96. The fourth-order valence-corrected chi connectivity index (χ4v) is 1.96. The Kier molecular flexibility index (Phi) is 3.84. The molecule has 1 aromatic carbocycles. The average Bonchev–Trinajstić information content (AvgIpc) is 2.72. The average molecular weight is 249 g/mol. The smallest absolute Gasteiger partial charge is 0.135 e. The summed E-state index contributed by atoms with van der Waals surface area (Å²) in [7, 11) is 5.69. The summed E-state index contributed by atoms with van der Waals surface area (Å²) in [5, 5.41) is 9.38. The number of fused-ring (bicyclic) bond motifs is 1. The molecule has 5 nitrogen and oxygen atoms in total. The van der Waals surface area contributed by atoms with Crippen LogP contribution in [0.5, 0.6) is 5.75 Å². The highest BCUT2D eigenvalue weighted by Crippen LogP contribution is 2.21. The molecule has 98 valence electrons. The van der Waals surface area contributed by atoms with Crippen molar-refractivity contribution in [2.75, 3.05) is 27.7 Å². The van der Waals surface area contributed by atoms with E-state index in [9.17, 15) is 5.11 Å². The van der Waals surface area contributed by atoms with E-state index in [-0.39, 0.29) is 6.61 Å². The minimum atomic E-state index is -0.0512. The van der Waals surface area contributed by atoms with Crippen LogP contribution in [0.15, 0.2) is 18.2 Å². The number of aliphatic hydroxyl groups is 1. The molecule has 2 aromatic rings. The predicted molar refractivity (Wildman–Crippen MR) is 70.8 cm³/mol. The van der Waals surface area contributed by atoms with E-state index in [4.69, 9.17) is 4.74 Å². The molecule has 0 amide bonds. The number of rotatable bonds is 5. The molecule has 0 aliphatic heterocycles. The Bertz CT molecular complexity index is 534. The lowest BCUT2D eigenvalue weighted by molar-refractivity contribution is 0.263. The molecule has 0 saturated heterocycles. The van der Waals surface area contributed by atoms with Gasteiger partial charge in [-0.3, -0.25) is 0 Å². The van der Waals surface area contributed by atoms with E-state index >= 15 is 0 Å². The summed E-state index contributed by atoms with van der Waals surface area (Å²) in [6, 6.07) is 5.79. The van der Waals surface area contributed by atoms with Gasteiger partial charge in [-0.25, -0.2) is 4.98 Å². The summed E-state index contributed by atoms with van der Waals surface area (Å²) < 4.78 is 7.23. The van der Waals surface area contributed by atoms with E-state index in [1.807, 2.05) is 32.3 Å². The van der Waals surface area contributed by atoms with Crippen molar-refractivity contribution in [3.8, 4) is 5.75 Å². The van der Waals surface area contributed by atoms with E-state index in [1.165, 1.54) is 0 Å². The number of benzene rings is 1. The number of aliphatic hydroxyl groups excluding tert-OH is 1. The Balaban J connectivity index is 2.42. The van der Waals surface area contributed by atoms with Crippen molar-refractivity contribution < 1.29 is 9.84 Å². The number of likely N-dealkylation sites (N-methyl/N-ethyl adjacent to an activating group) is 1. The largest absolute Gasteiger partial charge is 0.497 e. The van der Waals surface area contributed by atoms with Gasteiger partial charge in [0.25, 0.3) is 0 Å². The first-order chi connectivity index (χ1) is 8.65. The topological polar surface area (TPSA) is 50.5 Å².